The van der Waals surface area contributed by atoms with Crippen LogP contribution in [0.25, 0.3) is 0 Å². The lowest BCUT2D eigenvalue weighted by molar-refractivity contribution is 0.332. The van der Waals surface area contributed by atoms with Crippen molar-refractivity contribution in [1.82, 2.24) is 4.90 Å². The molecule has 1 saturated carbocycles. The van der Waals surface area contributed by atoms with Crippen molar-refractivity contribution in [2.24, 2.45) is 10.7 Å². The molecule has 3 nitrogen and oxygen atoms in total. The minimum Gasteiger partial charge on any atom is -0.370 e. The van der Waals surface area contributed by atoms with Crippen molar-refractivity contribution < 1.29 is 0 Å². The maximum Gasteiger partial charge on any atom is 0.191 e. The first-order valence-corrected chi connectivity index (χ1v) is 5.28. The van der Waals surface area contributed by atoms with Gasteiger partial charge in [-0.25, -0.2) is 4.99 Å². The third-order valence-electron chi connectivity index (χ3n) is 2.62. The van der Waals surface area contributed by atoms with E-state index in [1.54, 1.807) is 0 Å². The summed E-state index contributed by atoms with van der Waals surface area (Å²) in [5, 5.41) is 0. The zero-order valence-electron chi connectivity index (χ0n) is 8.95. The molecule has 0 bridgehead atoms. The van der Waals surface area contributed by atoms with E-state index in [0.717, 1.165) is 18.9 Å². The summed E-state index contributed by atoms with van der Waals surface area (Å²) in [6.07, 6.45) is 3.56. The van der Waals surface area contributed by atoms with E-state index in [2.05, 4.69) is 30.7 Å². The van der Waals surface area contributed by atoms with Crippen LogP contribution in [0.3, 0.4) is 0 Å². The van der Waals surface area contributed by atoms with Crippen molar-refractivity contribution >= 4 is 5.96 Å². The average Bonchev–Trinajstić information content (AvgIpc) is 2.89. The number of nitrogens with two attached hydrogens (primary N) is 1. The molecule has 76 valence electrons. The zero-order valence-corrected chi connectivity index (χ0v) is 8.95. The van der Waals surface area contributed by atoms with Gasteiger partial charge in [0.2, 0.25) is 0 Å². The molecule has 13 heavy (non-hydrogen) atoms. The molecule has 0 spiro atoms. The minimum absolute atomic E-state index is 0.507. The first-order valence-electron chi connectivity index (χ1n) is 5.28. The third-order valence-corrected chi connectivity index (χ3v) is 2.62. The summed E-state index contributed by atoms with van der Waals surface area (Å²) in [5.74, 6) is 0.736. The molecule has 0 heterocycles. The number of guanidine groups is 1. The summed E-state index contributed by atoms with van der Waals surface area (Å²) < 4.78 is 0. The fourth-order valence-corrected chi connectivity index (χ4v) is 1.38. The van der Waals surface area contributed by atoms with Crippen LogP contribution in [0.15, 0.2) is 4.99 Å². The largest absolute Gasteiger partial charge is 0.370 e. The van der Waals surface area contributed by atoms with Crippen molar-refractivity contribution in [3.63, 3.8) is 0 Å². The van der Waals surface area contributed by atoms with Crippen LogP contribution in [0, 0.1) is 0 Å². The van der Waals surface area contributed by atoms with Crippen LogP contribution in [-0.4, -0.2) is 29.5 Å². The van der Waals surface area contributed by atoms with Crippen LogP contribution in [0.5, 0.6) is 0 Å². The van der Waals surface area contributed by atoms with E-state index in [0.29, 0.717) is 12.1 Å². The second kappa shape index (κ2) is 4.49. The van der Waals surface area contributed by atoms with Gasteiger partial charge < -0.3 is 10.6 Å². The normalized spacial score (nSPS) is 20.1. The lowest BCUT2D eigenvalue weighted by Gasteiger charge is -2.28. The van der Waals surface area contributed by atoms with Crippen LogP contribution in [0.4, 0.5) is 0 Å². The highest BCUT2D eigenvalue weighted by Gasteiger charge is 2.22. The molecule has 1 rings (SSSR count). The predicted octanol–water partition coefficient (Wildman–Crippen LogP) is 1.58. The van der Waals surface area contributed by atoms with Gasteiger partial charge in [-0.2, -0.15) is 0 Å². The molecule has 1 aliphatic rings. The fourth-order valence-electron chi connectivity index (χ4n) is 1.38. The van der Waals surface area contributed by atoms with Crippen molar-refractivity contribution in [2.75, 3.05) is 6.54 Å². The summed E-state index contributed by atoms with van der Waals surface area (Å²) in [6, 6.07) is 1.03. The van der Waals surface area contributed by atoms with Gasteiger partial charge in [0.15, 0.2) is 5.96 Å². The summed E-state index contributed by atoms with van der Waals surface area (Å²) in [5.41, 5.74) is 5.92. The number of hydrogen-bond acceptors (Lipinski definition) is 1. The van der Waals surface area contributed by atoms with E-state index in [1.807, 2.05) is 0 Å². The van der Waals surface area contributed by atoms with Gasteiger partial charge in [0.05, 0.1) is 6.04 Å². The van der Waals surface area contributed by atoms with Crippen molar-refractivity contribution in [2.45, 2.75) is 52.1 Å². The van der Waals surface area contributed by atoms with Crippen molar-refractivity contribution in [1.29, 1.82) is 0 Å². The summed E-state index contributed by atoms with van der Waals surface area (Å²) in [4.78, 5) is 6.63. The van der Waals surface area contributed by atoms with Gasteiger partial charge in [-0.15, -0.1) is 0 Å². The maximum absolute atomic E-state index is 5.92. The molecule has 0 aliphatic heterocycles. The molecule has 0 aromatic carbocycles. The van der Waals surface area contributed by atoms with Crippen molar-refractivity contribution in [3.05, 3.63) is 0 Å². The molecule has 0 saturated heterocycles. The van der Waals surface area contributed by atoms with Gasteiger partial charge >= 0.3 is 0 Å². The maximum atomic E-state index is 5.92. The Morgan fingerprint density at radius 3 is 2.54 bits per heavy atom. The molecular formula is C10H21N3. The lowest BCUT2D eigenvalue weighted by atomic mass is 10.2. The number of aliphatic imine (C=N–C) groups is 1. The molecule has 0 aromatic heterocycles. The SMILES string of the molecule is CCC(C)N(CC)C(N)=NC1CC1. The summed E-state index contributed by atoms with van der Waals surface area (Å²) in [7, 11) is 0. The first kappa shape index (κ1) is 10.4. The van der Waals surface area contributed by atoms with Gasteiger partial charge in [-0.05, 0) is 33.1 Å². The fraction of sp³-hybridized carbons (Fsp3) is 0.900. The van der Waals surface area contributed by atoms with Crippen LogP contribution in [0.2, 0.25) is 0 Å². The Morgan fingerprint density at radius 2 is 2.15 bits per heavy atom. The smallest absolute Gasteiger partial charge is 0.191 e. The van der Waals surface area contributed by atoms with E-state index in [9.17, 15) is 0 Å². The Bertz CT molecular complexity index is 185. The molecule has 0 amide bonds. The zero-order chi connectivity index (χ0) is 9.84. The average molecular weight is 183 g/mol. The monoisotopic (exact) mass is 183 g/mol. The highest BCUT2D eigenvalue weighted by molar-refractivity contribution is 5.78. The second-order valence-corrected chi connectivity index (χ2v) is 3.76. The summed E-state index contributed by atoms with van der Waals surface area (Å²) in [6.45, 7) is 7.45. The quantitative estimate of drug-likeness (QED) is 0.531. The first-order chi connectivity index (χ1) is 6.19. The Balaban J connectivity index is 2.52. The molecule has 0 aromatic rings. The van der Waals surface area contributed by atoms with E-state index in [-0.39, 0.29) is 0 Å². The van der Waals surface area contributed by atoms with E-state index in [4.69, 9.17) is 5.73 Å². The van der Waals surface area contributed by atoms with Gasteiger partial charge in [-0.1, -0.05) is 6.92 Å². The van der Waals surface area contributed by atoms with E-state index >= 15 is 0 Å². The highest BCUT2D eigenvalue weighted by atomic mass is 15.3. The number of hydrogen-bond donors (Lipinski definition) is 1. The van der Waals surface area contributed by atoms with Gasteiger partial charge in [0.25, 0.3) is 0 Å². The lowest BCUT2D eigenvalue weighted by Crippen LogP contribution is -2.43. The Labute approximate surface area is 81.0 Å². The van der Waals surface area contributed by atoms with E-state index in [1.165, 1.54) is 12.8 Å². The topological polar surface area (TPSA) is 41.6 Å². The summed E-state index contributed by atoms with van der Waals surface area (Å²) >= 11 is 0. The molecule has 2 N–H and O–H groups in total. The van der Waals surface area contributed by atoms with Crippen LogP contribution in [0.1, 0.15) is 40.0 Å². The van der Waals surface area contributed by atoms with Crippen LogP contribution >= 0.6 is 0 Å². The third kappa shape index (κ3) is 2.90. The Morgan fingerprint density at radius 1 is 1.54 bits per heavy atom. The Kier molecular flexibility index (Phi) is 3.58. The molecular weight excluding hydrogens is 162 g/mol. The van der Waals surface area contributed by atoms with Crippen LogP contribution in [-0.2, 0) is 0 Å². The van der Waals surface area contributed by atoms with Crippen molar-refractivity contribution in [3.8, 4) is 0 Å². The van der Waals surface area contributed by atoms with Gasteiger partial charge in [-0.3, -0.25) is 0 Å². The second-order valence-electron chi connectivity index (χ2n) is 3.76. The predicted molar refractivity (Wildman–Crippen MR) is 56.8 cm³/mol. The standard InChI is InChI=1S/C10H21N3/c1-4-8(3)13(5-2)10(11)12-9-6-7-9/h8-9H,4-7H2,1-3H3,(H2,11,12). The molecule has 1 fully saturated rings. The van der Waals surface area contributed by atoms with Crippen LogP contribution < -0.4 is 5.73 Å². The van der Waals surface area contributed by atoms with E-state index < -0.39 is 0 Å². The number of nitrogens with zero attached hydrogens (tertiary/aromatic N) is 2. The minimum atomic E-state index is 0.507. The Hall–Kier alpha value is -0.730. The molecule has 3 heteroatoms. The molecule has 1 aliphatic carbocycles. The molecule has 1 unspecified atom stereocenters. The molecule has 0 radical (unpaired) electrons. The highest BCUT2D eigenvalue weighted by Crippen LogP contribution is 2.23. The van der Waals surface area contributed by atoms with Gasteiger partial charge in [0, 0.05) is 12.6 Å². The number of rotatable bonds is 4. The van der Waals surface area contributed by atoms with Gasteiger partial charge in [0.1, 0.15) is 0 Å². The molecule has 1 atom stereocenters.